The van der Waals surface area contributed by atoms with Gasteiger partial charge in [0.05, 0.1) is 11.0 Å². The highest BCUT2D eigenvalue weighted by molar-refractivity contribution is 9.10. The van der Waals surface area contributed by atoms with Crippen molar-refractivity contribution in [1.82, 2.24) is 9.55 Å². The lowest BCUT2D eigenvalue weighted by Gasteiger charge is -2.29. The minimum atomic E-state index is 0.296. The largest absolute Gasteiger partial charge is 0.369 e. The maximum absolute atomic E-state index is 6.14. The summed E-state index contributed by atoms with van der Waals surface area (Å²) in [5.74, 6) is 0.642. The van der Waals surface area contributed by atoms with Crippen LogP contribution >= 0.6 is 15.9 Å². The summed E-state index contributed by atoms with van der Waals surface area (Å²) in [6.07, 6.45) is 3.71. The lowest BCUT2D eigenvalue weighted by atomic mass is 9.87. The van der Waals surface area contributed by atoms with Crippen LogP contribution in [0.5, 0.6) is 0 Å². The van der Waals surface area contributed by atoms with Crippen LogP contribution in [-0.4, -0.2) is 9.55 Å². The number of nitrogens with two attached hydrogens (primary N) is 1. The SMILES string of the molecule is CC1(C)CCCC1n1c(N)nc2ccc(Br)cc21. The summed E-state index contributed by atoms with van der Waals surface area (Å²) in [6.45, 7) is 4.65. The van der Waals surface area contributed by atoms with Crippen LogP contribution in [-0.2, 0) is 0 Å². The van der Waals surface area contributed by atoms with E-state index in [1.807, 2.05) is 12.1 Å². The number of rotatable bonds is 1. The predicted molar refractivity (Wildman–Crippen MR) is 78.5 cm³/mol. The Morgan fingerprint density at radius 1 is 1.44 bits per heavy atom. The third kappa shape index (κ3) is 1.74. The molecule has 1 aromatic heterocycles. The molecule has 0 spiro atoms. The van der Waals surface area contributed by atoms with E-state index >= 15 is 0 Å². The summed E-state index contributed by atoms with van der Waals surface area (Å²) < 4.78 is 3.31. The lowest BCUT2D eigenvalue weighted by Crippen LogP contribution is -2.22. The average Bonchev–Trinajstić information content (AvgIpc) is 2.77. The number of nitrogens with zero attached hydrogens (tertiary/aromatic N) is 2. The van der Waals surface area contributed by atoms with Crippen LogP contribution in [0.2, 0.25) is 0 Å². The zero-order valence-corrected chi connectivity index (χ0v) is 12.4. The monoisotopic (exact) mass is 307 g/mol. The second kappa shape index (κ2) is 3.98. The van der Waals surface area contributed by atoms with Crippen LogP contribution in [0.1, 0.15) is 39.2 Å². The first-order valence-electron chi connectivity index (χ1n) is 6.42. The van der Waals surface area contributed by atoms with Crippen molar-refractivity contribution in [2.45, 2.75) is 39.2 Å². The number of imidazole rings is 1. The molecular weight excluding hydrogens is 290 g/mol. The van der Waals surface area contributed by atoms with Gasteiger partial charge in [0.2, 0.25) is 5.95 Å². The molecule has 1 atom stereocenters. The van der Waals surface area contributed by atoms with E-state index in [4.69, 9.17) is 5.73 Å². The van der Waals surface area contributed by atoms with Crippen molar-refractivity contribution in [3.8, 4) is 0 Å². The molecule has 0 bridgehead atoms. The van der Waals surface area contributed by atoms with Crippen LogP contribution in [0.15, 0.2) is 22.7 Å². The quantitative estimate of drug-likeness (QED) is 0.860. The van der Waals surface area contributed by atoms with Gasteiger partial charge in [-0.3, -0.25) is 0 Å². The molecule has 2 N–H and O–H groups in total. The van der Waals surface area contributed by atoms with Gasteiger partial charge in [-0.05, 0) is 36.5 Å². The maximum atomic E-state index is 6.14. The van der Waals surface area contributed by atoms with Crippen molar-refractivity contribution in [3.05, 3.63) is 22.7 Å². The van der Waals surface area contributed by atoms with Gasteiger partial charge in [0.15, 0.2) is 0 Å². The summed E-state index contributed by atoms with van der Waals surface area (Å²) in [7, 11) is 0. The zero-order valence-electron chi connectivity index (χ0n) is 10.8. The fraction of sp³-hybridized carbons (Fsp3) is 0.500. The predicted octanol–water partition coefficient (Wildman–Crippen LogP) is 4.13. The Bertz CT molecular complexity index is 600. The van der Waals surface area contributed by atoms with E-state index < -0.39 is 0 Å². The molecule has 1 aromatic carbocycles. The highest BCUT2D eigenvalue weighted by Gasteiger charge is 2.37. The van der Waals surface area contributed by atoms with Crippen LogP contribution in [0.3, 0.4) is 0 Å². The van der Waals surface area contributed by atoms with Crippen LogP contribution < -0.4 is 5.73 Å². The summed E-state index contributed by atoms with van der Waals surface area (Å²) >= 11 is 3.53. The van der Waals surface area contributed by atoms with Gasteiger partial charge in [-0.1, -0.05) is 36.2 Å². The Morgan fingerprint density at radius 2 is 2.22 bits per heavy atom. The molecule has 3 nitrogen and oxygen atoms in total. The minimum absolute atomic E-state index is 0.296. The summed E-state index contributed by atoms with van der Waals surface area (Å²) in [5.41, 5.74) is 8.56. The summed E-state index contributed by atoms with van der Waals surface area (Å²) in [4.78, 5) is 4.48. The van der Waals surface area contributed by atoms with Crippen LogP contribution in [0.4, 0.5) is 5.95 Å². The van der Waals surface area contributed by atoms with Gasteiger partial charge in [0, 0.05) is 10.5 Å². The van der Waals surface area contributed by atoms with Crippen molar-refractivity contribution in [1.29, 1.82) is 0 Å². The molecule has 18 heavy (non-hydrogen) atoms. The molecule has 2 aromatic rings. The second-order valence-corrected chi connectivity index (χ2v) is 6.79. The smallest absolute Gasteiger partial charge is 0.201 e. The third-order valence-corrected chi connectivity index (χ3v) is 4.68. The highest BCUT2D eigenvalue weighted by Crippen LogP contribution is 2.47. The molecule has 0 amide bonds. The number of hydrogen-bond donors (Lipinski definition) is 1. The zero-order chi connectivity index (χ0) is 12.9. The molecule has 1 saturated carbocycles. The van der Waals surface area contributed by atoms with Crippen molar-refractivity contribution in [3.63, 3.8) is 0 Å². The molecule has 0 aliphatic heterocycles. The number of halogens is 1. The molecule has 1 fully saturated rings. The van der Waals surface area contributed by atoms with Crippen molar-refractivity contribution >= 4 is 32.9 Å². The van der Waals surface area contributed by atoms with Gasteiger partial charge in [0.1, 0.15) is 0 Å². The first-order chi connectivity index (χ1) is 8.49. The molecular formula is C14H18BrN3. The number of aromatic nitrogens is 2. The molecule has 0 saturated heterocycles. The van der Waals surface area contributed by atoms with E-state index in [1.54, 1.807) is 0 Å². The fourth-order valence-corrected chi connectivity index (χ4v) is 3.55. The molecule has 4 heteroatoms. The van der Waals surface area contributed by atoms with E-state index in [0.29, 0.717) is 17.4 Å². The molecule has 1 aliphatic rings. The standard InChI is InChI=1S/C14H18BrN3/c1-14(2)7-3-4-12(14)18-11-8-9(15)5-6-10(11)17-13(18)16/h5-6,8,12H,3-4,7H2,1-2H3,(H2,16,17). The van der Waals surface area contributed by atoms with Crippen molar-refractivity contribution < 1.29 is 0 Å². The van der Waals surface area contributed by atoms with Crippen LogP contribution in [0, 0.1) is 5.41 Å². The number of benzene rings is 1. The van der Waals surface area contributed by atoms with Gasteiger partial charge in [-0.2, -0.15) is 0 Å². The van der Waals surface area contributed by atoms with Crippen molar-refractivity contribution in [2.75, 3.05) is 5.73 Å². The third-order valence-electron chi connectivity index (χ3n) is 4.19. The Hall–Kier alpha value is -1.03. The topological polar surface area (TPSA) is 43.8 Å². The number of anilines is 1. The highest BCUT2D eigenvalue weighted by atomic mass is 79.9. The Balaban J connectivity index is 2.22. The molecule has 0 radical (unpaired) electrons. The molecule has 1 unspecified atom stereocenters. The van der Waals surface area contributed by atoms with E-state index in [0.717, 1.165) is 15.5 Å². The van der Waals surface area contributed by atoms with Crippen molar-refractivity contribution in [2.24, 2.45) is 5.41 Å². The number of hydrogen-bond acceptors (Lipinski definition) is 2. The van der Waals surface area contributed by atoms with Gasteiger partial charge in [0.25, 0.3) is 0 Å². The summed E-state index contributed by atoms with van der Waals surface area (Å²) in [5, 5.41) is 0. The molecule has 1 heterocycles. The van der Waals surface area contributed by atoms with Crippen LogP contribution in [0.25, 0.3) is 11.0 Å². The van der Waals surface area contributed by atoms with E-state index in [1.165, 1.54) is 19.3 Å². The first kappa shape index (κ1) is 12.0. The van der Waals surface area contributed by atoms with Gasteiger partial charge >= 0.3 is 0 Å². The second-order valence-electron chi connectivity index (χ2n) is 5.87. The van der Waals surface area contributed by atoms with E-state index in [9.17, 15) is 0 Å². The van der Waals surface area contributed by atoms with Gasteiger partial charge in [-0.15, -0.1) is 0 Å². The fourth-order valence-electron chi connectivity index (χ4n) is 3.20. The Kier molecular flexibility index (Phi) is 2.66. The van der Waals surface area contributed by atoms with E-state index in [2.05, 4.69) is 45.4 Å². The molecule has 3 rings (SSSR count). The Morgan fingerprint density at radius 3 is 2.89 bits per heavy atom. The lowest BCUT2D eigenvalue weighted by molar-refractivity contribution is 0.268. The molecule has 96 valence electrons. The maximum Gasteiger partial charge on any atom is 0.201 e. The normalized spacial score (nSPS) is 22.7. The Labute approximate surface area is 116 Å². The van der Waals surface area contributed by atoms with E-state index in [-0.39, 0.29) is 0 Å². The average molecular weight is 308 g/mol. The number of nitrogen functional groups attached to an aromatic ring is 1. The number of fused-ring (bicyclic) bond motifs is 1. The molecule has 1 aliphatic carbocycles. The first-order valence-corrected chi connectivity index (χ1v) is 7.21. The summed E-state index contributed by atoms with van der Waals surface area (Å²) in [6, 6.07) is 6.61. The van der Waals surface area contributed by atoms with Gasteiger partial charge in [-0.25, -0.2) is 4.98 Å². The van der Waals surface area contributed by atoms with Gasteiger partial charge < -0.3 is 10.3 Å². The minimum Gasteiger partial charge on any atom is -0.369 e.